The smallest absolute Gasteiger partial charge is 0.245 e. The second-order valence-corrected chi connectivity index (χ2v) is 8.39. The number of carbonyl (C=O) groups excluding carboxylic acids is 1. The van der Waals surface area contributed by atoms with Gasteiger partial charge in [-0.3, -0.25) is 4.79 Å². The van der Waals surface area contributed by atoms with E-state index in [1.807, 2.05) is 9.58 Å². The molecule has 3 rings (SSSR count). The van der Waals surface area contributed by atoms with Crippen LogP contribution in [0.15, 0.2) is 12.7 Å². The van der Waals surface area contributed by atoms with Crippen molar-refractivity contribution in [3.8, 4) is 0 Å². The summed E-state index contributed by atoms with van der Waals surface area (Å²) >= 11 is 0. The molecule has 0 bridgehead atoms. The lowest BCUT2D eigenvalue weighted by Crippen LogP contribution is -2.47. The minimum Gasteiger partial charge on any atom is -0.339 e. The maximum absolute atomic E-state index is 11.8. The van der Waals surface area contributed by atoms with Crippen LogP contribution in [0.4, 0.5) is 0 Å². The van der Waals surface area contributed by atoms with Gasteiger partial charge in [-0.05, 0) is 73.9 Å². The number of amides is 1. The van der Waals surface area contributed by atoms with Gasteiger partial charge in [-0.1, -0.05) is 26.3 Å². The zero-order valence-electron chi connectivity index (χ0n) is 16.9. The fourth-order valence-electron chi connectivity index (χ4n) is 4.00. The van der Waals surface area contributed by atoms with Crippen molar-refractivity contribution in [1.29, 1.82) is 0 Å². The molecule has 1 aliphatic heterocycles. The molecule has 1 unspecified atom stereocenters. The molecule has 1 saturated carbocycles. The number of piperidine rings is 1. The fourth-order valence-corrected chi connectivity index (χ4v) is 4.00. The van der Waals surface area contributed by atoms with Crippen LogP contribution >= 0.6 is 0 Å². The fraction of sp³-hybridized carbons (Fsp3) is 0.800. The molecular weight excluding hydrogens is 340 g/mol. The predicted octanol–water partition coefficient (Wildman–Crippen LogP) is 2.50. The van der Waals surface area contributed by atoms with E-state index < -0.39 is 0 Å². The summed E-state index contributed by atoms with van der Waals surface area (Å²) in [6, 6.07) is 0. The molecule has 1 aliphatic carbocycles. The standard InChI is InChI=1S/C20H34N6O/c1-4-12-26-19(22-23-24-26)20(3,11-8-16-6-7-16)21-15-17-9-13-25(14-10-17)18(27)5-2/h5,16-17,21H,2,4,6-15H2,1,3H3. The van der Waals surface area contributed by atoms with Crippen molar-refractivity contribution in [2.75, 3.05) is 19.6 Å². The lowest BCUT2D eigenvalue weighted by molar-refractivity contribution is -0.127. The Kier molecular flexibility index (Phi) is 6.63. The van der Waals surface area contributed by atoms with Gasteiger partial charge in [0.05, 0.1) is 5.54 Å². The molecule has 7 nitrogen and oxygen atoms in total. The molecule has 1 saturated heterocycles. The topological polar surface area (TPSA) is 75.9 Å². The molecule has 1 atom stereocenters. The number of hydrogen-bond donors (Lipinski definition) is 1. The van der Waals surface area contributed by atoms with Crippen molar-refractivity contribution >= 4 is 5.91 Å². The van der Waals surface area contributed by atoms with Crippen LogP contribution < -0.4 is 5.32 Å². The zero-order chi connectivity index (χ0) is 19.3. The average molecular weight is 375 g/mol. The Morgan fingerprint density at radius 3 is 2.67 bits per heavy atom. The summed E-state index contributed by atoms with van der Waals surface area (Å²) in [5.41, 5.74) is -0.199. The highest BCUT2D eigenvalue weighted by molar-refractivity contribution is 5.87. The van der Waals surface area contributed by atoms with Gasteiger partial charge in [-0.15, -0.1) is 5.10 Å². The molecule has 1 amide bonds. The number of carbonyl (C=O) groups is 1. The van der Waals surface area contributed by atoms with E-state index in [-0.39, 0.29) is 11.4 Å². The number of rotatable bonds is 10. The molecule has 1 N–H and O–H groups in total. The lowest BCUT2D eigenvalue weighted by atomic mass is 9.90. The van der Waals surface area contributed by atoms with Crippen LogP contribution in [0.5, 0.6) is 0 Å². The second-order valence-electron chi connectivity index (χ2n) is 8.39. The maximum Gasteiger partial charge on any atom is 0.245 e. The number of nitrogens with one attached hydrogen (secondary N) is 1. The van der Waals surface area contributed by atoms with E-state index in [9.17, 15) is 4.79 Å². The molecule has 0 radical (unpaired) electrons. The van der Waals surface area contributed by atoms with E-state index in [0.29, 0.717) is 5.92 Å². The Morgan fingerprint density at radius 2 is 2.04 bits per heavy atom. The van der Waals surface area contributed by atoms with E-state index in [1.54, 1.807) is 0 Å². The maximum atomic E-state index is 11.8. The van der Waals surface area contributed by atoms with Crippen LogP contribution in [0.1, 0.15) is 64.6 Å². The van der Waals surface area contributed by atoms with Crippen molar-refractivity contribution in [2.24, 2.45) is 11.8 Å². The SMILES string of the molecule is C=CC(=O)N1CCC(CNC(C)(CCC2CC2)c2nnnn2CCC)CC1. The molecule has 150 valence electrons. The summed E-state index contributed by atoms with van der Waals surface area (Å²) in [4.78, 5) is 13.7. The van der Waals surface area contributed by atoms with Crippen molar-refractivity contribution < 1.29 is 4.79 Å². The highest BCUT2D eigenvalue weighted by atomic mass is 16.2. The van der Waals surface area contributed by atoms with Gasteiger partial charge in [0.2, 0.25) is 5.91 Å². The Hall–Kier alpha value is -1.76. The first-order chi connectivity index (χ1) is 13.1. The normalized spacial score (nSPS) is 20.4. The number of aromatic nitrogens is 4. The molecule has 0 spiro atoms. The molecule has 2 aliphatic rings. The van der Waals surface area contributed by atoms with Crippen molar-refractivity contribution in [2.45, 2.75) is 70.9 Å². The molecule has 2 fully saturated rings. The van der Waals surface area contributed by atoms with E-state index >= 15 is 0 Å². The minimum absolute atomic E-state index is 0.0504. The van der Waals surface area contributed by atoms with Gasteiger partial charge in [-0.25, -0.2) is 4.68 Å². The Morgan fingerprint density at radius 1 is 1.30 bits per heavy atom. The number of aryl methyl sites for hydroxylation is 1. The van der Waals surface area contributed by atoms with Gasteiger partial charge in [-0.2, -0.15) is 0 Å². The average Bonchev–Trinajstić information content (AvgIpc) is 3.41. The molecule has 27 heavy (non-hydrogen) atoms. The Bertz CT molecular complexity index is 632. The first-order valence-electron chi connectivity index (χ1n) is 10.5. The zero-order valence-corrected chi connectivity index (χ0v) is 16.9. The molecule has 7 heteroatoms. The van der Waals surface area contributed by atoms with Crippen LogP contribution in [-0.2, 0) is 16.9 Å². The van der Waals surface area contributed by atoms with Gasteiger partial charge < -0.3 is 10.2 Å². The number of nitrogens with zero attached hydrogens (tertiary/aromatic N) is 5. The third-order valence-corrected chi connectivity index (χ3v) is 6.09. The third kappa shape index (κ3) is 5.15. The predicted molar refractivity (Wildman–Crippen MR) is 105 cm³/mol. The first kappa shape index (κ1) is 20.0. The molecule has 0 aromatic carbocycles. The summed E-state index contributed by atoms with van der Waals surface area (Å²) in [5, 5.41) is 16.4. The van der Waals surface area contributed by atoms with Gasteiger partial charge in [0.25, 0.3) is 0 Å². The van der Waals surface area contributed by atoms with E-state index in [0.717, 1.165) is 63.6 Å². The quantitative estimate of drug-likeness (QED) is 0.637. The monoisotopic (exact) mass is 374 g/mol. The van der Waals surface area contributed by atoms with Crippen molar-refractivity contribution in [3.63, 3.8) is 0 Å². The summed E-state index contributed by atoms with van der Waals surface area (Å²) in [6.07, 6.45) is 9.53. The summed E-state index contributed by atoms with van der Waals surface area (Å²) < 4.78 is 1.96. The highest BCUT2D eigenvalue weighted by Crippen LogP contribution is 2.37. The third-order valence-electron chi connectivity index (χ3n) is 6.09. The highest BCUT2D eigenvalue weighted by Gasteiger charge is 2.35. The van der Waals surface area contributed by atoms with Crippen LogP contribution in [0.25, 0.3) is 0 Å². The Labute approximate surface area is 162 Å². The van der Waals surface area contributed by atoms with Crippen LogP contribution in [0.3, 0.4) is 0 Å². The van der Waals surface area contributed by atoms with E-state index in [1.165, 1.54) is 25.3 Å². The van der Waals surface area contributed by atoms with E-state index in [4.69, 9.17) is 0 Å². The molecule has 1 aromatic heterocycles. The molecular formula is C20H34N6O. The summed E-state index contributed by atoms with van der Waals surface area (Å²) in [5.74, 6) is 2.48. The summed E-state index contributed by atoms with van der Waals surface area (Å²) in [6.45, 7) is 11.4. The lowest BCUT2D eigenvalue weighted by Gasteiger charge is -2.35. The second kappa shape index (κ2) is 8.95. The van der Waals surface area contributed by atoms with Gasteiger partial charge >= 0.3 is 0 Å². The number of likely N-dealkylation sites (tertiary alicyclic amines) is 1. The summed E-state index contributed by atoms with van der Waals surface area (Å²) in [7, 11) is 0. The number of hydrogen-bond acceptors (Lipinski definition) is 5. The van der Waals surface area contributed by atoms with Gasteiger partial charge in [0.15, 0.2) is 5.82 Å². The molecule has 1 aromatic rings. The van der Waals surface area contributed by atoms with E-state index in [2.05, 4.69) is 41.3 Å². The first-order valence-corrected chi connectivity index (χ1v) is 10.5. The van der Waals surface area contributed by atoms with Gasteiger partial charge in [0, 0.05) is 19.6 Å². The molecule has 2 heterocycles. The van der Waals surface area contributed by atoms with Crippen LogP contribution in [0, 0.1) is 11.8 Å². The van der Waals surface area contributed by atoms with Gasteiger partial charge in [0.1, 0.15) is 0 Å². The minimum atomic E-state index is -0.199. The number of tetrazole rings is 1. The van der Waals surface area contributed by atoms with Crippen molar-refractivity contribution in [3.05, 3.63) is 18.5 Å². The Balaban J connectivity index is 1.61. The van der Waals surface area contributed by atoms with Crippen LogP contribution in [-0.4, -0.2) is 50.6 Å². The van der Waals surface area contributed by atoms with Crippen LogP contribution in [0.2, 0.25) is 0 Å². The largest absolute Gasteiger partial charge is 0.339 e. The van der Waals surface area contributed by atoms with Crippen molar-refractivity contribution in [1.82, 2.24) is 30.4 Å².